The van der Waals surface area contributed by atoms with Gasteiger partial charge in [-0.1, -0.05) is 11.6 Å². The Kier molecular flexibility index (Phi) is 4.60. The van der Waals surface area contributed by atoms with Crippen molar-refractivity contribution in [2.45, 2.75) is 19.3 Å². The van der Waals surface area contributed by atoms with Gasteiger partial charge in [0.2, 0.25) is 5.91 Å². The van der Waals surface area contributed by atoms with Crippen LogP contribution in [-0.4, -0.2) is 22.1 Å². The van der Waals surface area contributed by atoms with Gasteiger partial charge in [-0.15, -0.1) is 13.2 Å². The van der Waals surface area contributed by atoms with Crippen LogP contribution in [-0.2, 0) is 4.79 Å². The van der Waals surface area contributed by atoms with E-state index in [4.69, 9.17) is 11.6 Å². The highest BCUT2D eigenvalue weighted by Gasteiger charge is 2.31. The highest BCUT2D eigenvalue weighted by Crippen LogP contribution is 2.24. The van der Waals surface area contributed by atoms with Crippen molar-refractivity contribution < 1.29 is 22.7 Å². The van der Waals surface area contributed by atoms with E-state index in [9.17, 15) is 18.0 Å². The van der Waals surface area contributed by atoms with E-state index in [0.29, 0.717) is 10.7 Å². The smallest absolute Gasteiger partial charge is 0.406 e. The van der Waals surface area contributed by atoms with Crippen LogP contribution in [0, 0.1) is 0 Å². The molecule has 0 saturated carbocycles. The molecule has 0 radical (unpaired) electrons. The molecule has 1 atom stereocenters. The van der Waals surface area contributed by atoms with Gasteiger partial charge < -0.3 is 10.1 Å². The molecule has 22 heavy (non-hydrogen) atoms. The lowest BCUT2D eigenvalue weighted by Gasteiger charge is -2.13. The lowest BCUT2D eigenvalue weighted by Crippen LogP contribution is -2.24. The summed E-state index contributed by atoms with van der Waals surface area (Å²) in [6.45, 7) is 1.61. The summed E-state index contributed by atoms with van der Waals surface area (Å²) in [6.07, 6.45) is -1.86. The number of amides is 1. The van der Waals surface area contributed by atoms with Crippen molar-refractivity contribution in [3.05, 3.63) is 41.7 Å². The van der Waals surface area contributed by atoms with Crippen molar-refractivity contribution >= 4 is 23.2 Å². The molecule has 0 aliphatic carbocycles. The second-order valence-electron chi connectivity index (χ2n) is 4.38. The van der Waals surface area contributed by atoms with Gasteiger partial charge in [-0.2, -0.15) is 5.10 Å². The van der Waals surface area contributed by atoms with E-state index in [1.165, 1.54) is 29.2 Å². The highest BCUT2D eigenvalue weighted by atomic mass is 35.5. The van der Waals surface area contributed by atoms with Gasteiger partial charge >= 0.3 is 6.36 Å². The molecule has 1 heterocycles. The summed E-state index contributed by atoms with van der Waals surface area (Å²) in [7, 11) is 0. The Bertz CT molecular complexity index is 655. The molecule has 5 nitrogen and oxygen atoms in total. The van der Waals surface area contributed by atoms with Crippen molar-refractivity contribution in [3.63, 3.8) is 0 Å². The van der Waals surface area contributed by atoms with Gasteiger partial charge in [-0.25, -0.2) is 0 Å². The maximum atomic E-state index is 12.0. The van der Waals surface area contributed by atoms with E-state index in [1.54, 1.807) is 6.92 Å². The standard InChI is InChI=1S/C13H11ClF3N3O2/c1-8(20-7-9(14)6-18-20)12(21)19-10-2-4-11(5-3-10)22-13(15,16)17/h2-8H,1H3,(H,19,21). The van der Waals surface area contributed by atoms with Gasteiger partial charge in [0, 0.05) is 11.9 Å². The first-order valence-electron chi connectivity index (χ1n) is 6.11. The van der Waals surface area contributed by atoms with Gasteiger partial charge in [0.25, 0.3) is 0 Å². The van der Waals surface area contributed by atoms with E-state index in [2.05, 4.69) is 15.2 Å². The summed E-state index contributed by atoms with van der Waals surface area (Å²) in [5, 5.41) is 6.87. The average molecular weight is 334 g/mol. The quantitative estimate of drug-likeness (QED) is 0.929. The first-order chi connectivity index (χ1) is 10.2. The summed E-state index contributed by atoms with van der Waals surface area (Å²) >= 11 is 5.72. The largest absolute Gasteiger partial charge is 0.573 e. The number of hydrogen-bond donors (Lipinski definition) is 1. The Morgan fingerprint density at radius 3 is 2.50 bits per heavy atom. The first-order valence-corrected chi connectivity index (χ1v) is 6.49. The number of hydrogen-bond acceptors (Lipinski definition) is 3. The molecule has 0 saturated heterocycles. The summed E-state index contributed by atoms with van der Waals surface area (Å²) in [6, 6.07) is 4.21. The molecule has 0 bridgehead atoms. The van der Waals surface area contributed by atoms with E-state index in [-0.39, 0.29) is 11.7 Å². The average Bonchev–Trinajstić information content (AvgIpc) is 2.85. The molecule has 0 aliphatic heterocycles. The number of aromatic nitrogens is 2. The lowest BCUT2D eigenvalue weighted by atomic mass is 10.2. The van der Waals surface area contributed by atoms with Crippen LogP contribution < -0.4 is 10.1 Å². The maximum Gasteiger partial charge on any atom is 0.573 e. The Labute approximate surface area is 128 Å². The minimum atomic E-state index is -4.75. The molecule has 2 aromatic rings. The van der Waals surface area contributed by atoms with Crippen LogP contribution in [0.5, 0.6) is 5.75 Å². The zero-order chi connectivity index (χ0) is 16.3. The molecule has 2 rings (SSSR count). The Morgan fingerprint density at radius 2 is 2.00 bits per heavy atom. The SMILES string of the molecule is CC(C(=O)Nc1ccc(OC(F)(F)F)cc1)n1cc(Cl)cn1. The van der Waals surface area contributed by atoms with Crippen LogP contribution in [0.4, 0.5) is 18.9 Å². The van der Waals surface area contributed by atoms with Crippen molar-refractivity contribution in [3.8, 4) is 5.75 Å². The summed E-state index contributed by atoms with van der Waals surface area (Å²) in [5.41, 5.74) is 0.338. The van der Waals surface area contributed by atoms with Crippen molar-refractivity contribution in [2.24, 2.45) is 0 Å². The molecule has 0 aliphatic rings. The van der Waals surface area contributed by atoms with Crippen LogP contribution in [0.1, 0.15) is 13.0 Å². The Hall–Kier alpha value is -2.22. The molecule has 1 amide bonds. The zero-order valence-corrected chi connectivity index (χ0v) is 12.0. The first kappa shape index (κ1) is 16.2. The monoisotopic (exact) mass is 333 g/mol. The lowest BCUT2D eigenvalue weighted by molar-refractivity contribution is -0.274. The fourth-order valence-corrected chi connectivity index (χ4v) is 1.78. The number of carbonyl (C=O) groups is 1. The second-order valence-corrected chi connectivity index (χ2v) is 4.81. The number of ether oxygens (including phenoxy) is 1. The maximum absolute atomic E-state index is 12.0. The van der Waals surface area contributed by atoms with Crippen molar-refractivity contribution in [1.82, 2.24) is 9.78 Å². The third kappa shape index (κ3) is 4.39. The number of benzene rings is 1. The molecule has 0 fully saturated rings. The molecule has 1 N–H and O–H groups in total. The molecule has 1 aromatic carbocycles. The van der Waals surface area contributed by atoms with E-state index >= 15 is 0 Å². The van der Waals surface area contributed by atoms with Crippen LogP contribution in [0.15, 0.2) is 36.7 Å². The topological polar surface area (TPSA) is 56.1 Å². The molecule has 1 unspecified atom stereocenters. The minimum Gasteiger partial charge on any atom is -0.406 e. The van der Waals surface area contributed by atoms with Crippen LogP contribution in [0.2, 0.25) is 5.02 Å². The normalized spacial score (nSPS) is 12.8. The Morgan fingerprint density at radius 1 is 1.36 bits per heavy atom. The number of halogens is 4. The number of alkyl halides is 3. The number of nitrogens with zero attached hydrogens (tertiary/aromatic N) is 2. The number of carbonyl (C=O) groups excluding carboxylic acids is 1. The van der Waals surface area contributed by atoms with Gasteiger partial charge in [-0.05, 0) is 31.2 Å². The zero-order valence-electron chi connectivity index (χ0n) is 11.3. The predicted molar refractivity (Wildman–Crippen MR) is 73.7 cm³/mol. The third-order valence-electron chi connectivity index (χ3n) is 2.70. The molecular weight excluding hydrogens is 323 g/mol. The fourth-order valence-electron chi connectivity index (χ4n) is 1.63. The molecule has 118 valence electrons. The van der Waals surface area contributed by atoms with Crippen LogP contribution in [0.25, 0.3) is 0 Å². The summed E-state index contributed by atoms with van der Waals surface area (Å²) in [4.78, 5) is 12.0. The van der Waals surface area contributed by atoms with Crippen LogP contribution >= 0.6 is 11.6 Å². The van der Waals surface area contributed by atoms with Gasteiger partial charge in [0.15, 0.2) is 0 Å². The molecule has 0 spiro atoms. The summed E-state index contributed by atoms with van der Waals surface area (Å²) in [5.74, 6) is -0.748. The molecule has 1 aromatic heterocycles. The Balaban J connectivity index is 2.00. The van der Waals surface area contributed by atoms with Gasteiger partial charge in [-0.3, -0.25) is 9.48 Å². The number of nitrogens with one attached hydrogen (secondary N) is 1. The predicted octanol–water partition coefficient (Wildman–Crippen LogP) is 3.63. The number of rotatable bonds is 4. The number of anilines is 1. The van der Waals surface area contributed by atoms with E-state index in [1.807, 2.05) is 0 Å². The van der Waals surface area contributed by atoms with E-state index in [0.717, 1.165) is 12.1 Å². The highest BCUT2D eigenvalue weighted by molar-refractivity contribution is 6.30. The minimum absolute atomic E-state index is 0.338. The summed E-state index contributed by atoms with van der Waals surface area (Å²) < 4.78 is 41.2. The second kappa shape index (κ2) is 6.27. The van der Waals surface area contributed by atoms with Gasteiger partial charge in [0.05, 0.1) is 11.2 Å². The van der Waals surface area contributed by atoms with Crippen molar-refractivity contribution in [1.29, 1.82) is 0 Å². The van der Waals surface area contributed by atoms with E-state index < -0.39 is 12.4 Å². The van der Waals surface area contributed by atoms with Crippen molar-refractivity contribution in [2.75, 3.05) is 5.32 Å². The fraction of sp³-hybridized carbons (Fsp3) is 0.231. The van der Waals surface area contributed by atoms with Crippen LogP contribution in [0.3, 0.4) is 0 Å². The van der Waals surface area contributed by atoms with Gasteiger partial charge in [0.1, 0.15) is 11.8 Å². The third-order valence-corrected chi connectivity index (χ3v) is 2.90. The molecule has 9 heteroatoms. The molecular formula is C13H11ClF3N3O2.